The van der Waals surface area contributed by atoms with Crippen molar-refractivity contribution in [1.29, 1.82) is 0 Å². The van der Waals surface area contributed by atoms with Crippen molar-refractivity contribution in [3.05, 3.63) is 0 Å². The van der Waals surface area contributed by atoms with Crippen LogP contribution < -0.4 is 5.32 Å². The van der Waals surface area contributed by atoms with Gasteiger partial charge in [0.2, 0.25) is 5.91 Å². The van der Waals surface area contributed by atoms with E-state index in [1.54, 1.807) is 7.11 Å². The molecule has 1 fully saturated rings. The van der Waals surface area contributed by atoms with Crippen molar-refractivity contribution >= 4 is 5.91 Å². The molecule has 0 aromatic carbocycles. The van der Waals surface area contributed by atoms with Crippen LogP contribution >= 0.6 is 0 Å². The van der Waals surface area contributed by atoms with Gasteiger partial charge in [-0.05, 0) is 5.92 Å². The summed E-state index contributed by atoms with van der Waals surface area (Å²) in [6.45, 7) is 9.33. The summed E-state index contributed by atoms with van der Waals surface area (Å²) in [4.78, 5) is 14.2. The number of ether oxygens (including phenoxy) is 1. The minimum atomic E-state index is 0.0949. The smallest absolute Gasteiger partial charge is 0.226 e. The molecular formula is C12H24N2O2. The molecular weight excluding hydrogens is 204 g/mol. The molecule has 1 saturated heterocycles. The number of carbonyl (C=O) groups is 1. The molecule has 0 radical (unpaired) electrons. The van der Waals surface area contributed by atoms with Crippen LogP contribution in [0.1, 0.15) is 20.8 Å². The van der Waals surface area contributed by atoms with Crippen molar-refractivity contribution in [2.75, 3.05) is 33.4 Å². The van der Waals surface area contributed by atoms with Crippen LogP contribution in [0.15, 0.2) is 0 Å². The maximum Gasteiger partial charge on any atom is 0.226 e. The molecule has 1 N–H and O–H groups in total. The Morgan fingerprint density at radius 2 is 2.19 bits per heavy atom. The second-order valence-corrected chi connectivity index (χ2v) is 4.88. The molecule has 94 valence electrons. The van der Waals surface area contributed by atoms with Gasteiger partial charge in [-0.25, -0.2) is 0 Å². The maximum absolute atomic E-state index is 12.3. The van der Waals surface area contributed by atoms with Gasteiger partial charge in [0.25, 0.3) is 0 Å². The first-order valence-electron chi connectivity index (χ1n) is 6.08. The normalized spacial score (nSPS) is 23.6. The number of amides is 1. The summed E-state index contributed by atoms with van der Waals surface area (Å²) in [6.07, 6.45) is 0. The molecule has 0 bridgehead atoms. The summed E-state index contributed by atoms with van der Waals surface area (Å²) in [6, 6.07) is 0.187. The topological polar surface area (TPSA) is 41.6 Å². The Balaban J connectivity index is 2.63. The molecule has 1 rings (SSSR count). The van der Waals surface area contributed by atoms with Crippen LogP contribution in [0.4, 0.5) is 0 Å². The lowest BCUT2D eigenvalue weighted by atomic mass is 9.95. The zero-order chi connectivity index (χ0) is 12.1. The Morgan fingerprint density at radius 3 is 2.75 bits per heavy atom. The highest BCUT2D eigenvalue weighted by molar-refractivity contribution is 5.79. The monoisotopic (exact) mass is 228 g/mol. The fraction of sp³-hybridized carbons (Fsp3) is 0.917. The van der Waals surface area contributed by atoms with Gasteiger partial charge in [-0.2, -0.15) is 0 Å². The highest BCUT2D eigenvalue weighted by Gasteiger charge is 2.30. The molecule has 1 heterocycles. The average molecular weight is 228 g/mol. The van der Waals surface area contributed by atoms with Crippen molar-refractivity contribution in [3.8, 4) is 0 Å². The van der Waals surface area contributed by atoms with Gasteiger partial charge in [-0.1, -0.05) is 20.8 Å². The first-order valence-corrected chi connectivity index (χ1v) is 6.08. The van der Waals surface area contributed by atoms with Crippen molar-refractivity contribution < 1.29 is 9.53 Å². The van der Waals surface area contributed by atoms with E-state index in [0.717, 1.165) is 19.6 Å². The largest absolute Gasteiger partial charge is 0.382 e. The predicted molar refractivity (Wildman–Crippen MR) is 64.2 cm³/mol. The van der Waals surface area contributed by atoms with Gasteiger partial charge in [-0.15, -0.1) is 0 Å². The van der Waals surface area contributed by atoms with E-state index in [1.165, 1.54) is 0 Å². The molecule has 1 aliphatic rings. The number of carbonyl (C=O) groups excluding carboxylic acids is 1. The van der Waals surface area contributed by atoms with Crippen molar-refractivity contribution in [2.45, 2.75) is 26.8 Å². The number of nitrogens with one attached hydrogen (secondary N) is 1. The SMILES string of the molecule is COCC1CNCCN1C(=O)C(C)C(C)C. The molecule has 16 heavy (non-hydrogen) atoms. The summed E-state index contributed by atoms with van der Waals surface area (Å²) >= 11 is 0. The minimum Gasteiger partial charge on any atom is -0.382 e. The molecule has 4 nitrogen and oxygen atoms in total. The number of hydrogen-bond acceptors (Lipinski definition) is 3. The number of piperazine rings is 1. The van der Waals surface area contributed by atoms with E-state index in [4.69, 9.17) is 4.74 Å². The Morgan fingerprint density at radius 1 is 1.50 bits per heavy atom. The number of nitrogens with zero attached hydrogens (tertiary/aromatic N) is 1. The fourth-order valence-corrected chi connectivity index (χ4v) is 1.94. The lowest BCUT2D eigenvalue weighted by Gasteiger charge is -2.38. The molecule has 0 aromatic heterocycles. The summed E-state index contributed by atoms with van der Waals surface area (Å²) in [5.74, 6) is 0.751. The minimum absolute atomic E-state index is 0.0949. The number of hydrogen-bond donors (Lipinski definition) is 1. The van der Waals surface area contributed by atoms with Crippen LogP contribution in [0.2, 0.25) is 0 Å². The highest BCUT2D eigenvalue weighted by atomic mass is 16.5. The van der Waals surface area contributed by atoms with Crippen LogP contribution in [0.25, 0.3) is 0 Å². The molecule has 2 atom stereocenters. The quantitative estimate of drug-likeness (QED) is 0.771. The maximum atomic E-state index is 12.3. The molecule has 1 aliphatic heterocycles. The van der Waals surface area contributed by atoms with Gasteiger partial charge in [0.1, 0.15) is 0 Å². The van der Waals surface area contributed by atoms with E-state index in [2.05, 4.69) is 19.2 Å². The van der Waals surface area contributed by atoms with E-state index < -0.39 is 0 Å². The molecule has 0 saturated carbocycles. The molecule has 0 spiro atoms. The number of methoxy groups -OCH3 is 1. The van der Waals surface area contributed by atoms with Gasteiger partial charge in [0.05, 0.1) is 12.6 Å². The van der Waals surface area contributed by atoms with Crippen molar-refractivity contribution in [3.63, 3.8) is 0 Å². The van der Waals surface area contributed by atoms with Gasteiger partial charge >= 0.3 is 0 Å². The second-order valence-electron chi connectivity index (χ2n) is 4.88. The Labute approximate surface area is 98.3 Å². The first kappa shape index (κ1) is 13.5. The summed E-state index contributed by atoms with van der Waals surface area (Å²) in [5.41, 5.74) is 0. The van der Waals surface area contributed by atoms with E-state index in [0.29, 0.717) is 12.5 Å². The Bertz CT molecular complexity index is 229. The van der Waals surface area contributed by atoms with E-state index in [9.17, 15) is 4.79 Å². The highest BCUT2D eigenvalue weighted by Crippen LogP contribution is 2.16. The van der Waals surface area contributed by atoms with Crippen LogP contribution in [0.3, 0.4) is 0 Å². The first-order chi connectivity index (χ1) is 7.57. The van der Waals surface area contributed by atoms with E-state index in [-0.39, 0.29) is 17.9 Å². The van der Waals surface area contributed by atoms with E-state index in [1.807, 2.05) is 11.8 Å². The van der Waals surface area contributed by atoms with Gasteiger partial charge in [-0.3, -0.25) is 4.79 Å². The number of rotatable bonds is 4. The fourth-order valence-electron chi connectivity index (χ4n) is 1.94. The second kappa shape index (κ2) is 6.21. The predicted octanol–water partition coefficient (Wildman–Crippen LogP) is 0.725. The molecule has 2 unspecified atom stereocenters. The zero-order valence-electron chi connectivity index (χ0n) is 10.8. The lowest BCUT2D eigenvalue weighted by Crippen LogP contribution is -2.56. The third-order valence-electron chi connectivity index (χ3n) is 3.38. The van der Waals surface area contributed by atoms with Gasteiger partial charge in [0, 0.05) is 32.7 Å². The van der Waals surface area contributed by atoms with Gasteiger partial charge < -0.3 is 15.0 Å². The molecule has 1 amide bonds. The molecule has 0 aliphatic carbocycles. The Kier molecular flexibility index (Phi) is 5.22. The van der Waals surface area contributed by atoms with Crippen LogP contribution in [0, 0.1) is 11.8 Å². The summed E-state index contributed by atoms with van der Waals surface area (Å²) < 4.78 is 5.17. The summed E-state index contributed by atoms with van der Waals surface area (Å²) in [5, 5.41) is 3.30. The lowest BCUT2D eigenvalue weighted by molar-refractivity contribution is -0.140. The van der Waals surface area contributed by atoms with E-state index >= 15 is 0 Å². The van der Waals surface area contributed by atoms with Gasteiger partial charge in [0.15, 0.2) is 0 Å². The molecule has 0 aromatic rings. The van der Waals surface area contributed by atoms with Crippen LogP contribution in [-0.4, -0.2) is 50.2 Å². The molecule has 4 heteroatoms. The average Bonchev–Trinajstić information content (AvgIpc) is 2.28. The Hall–Kier alpha value is -0.610. The van der Waals surface area contributed by atoms with Crippen LogP contribution in [0.5, 0.6) is 0 Å². The summed E-state index contributed by atoms with van der Waals surface area (Å²) in [7, 11) is 1.68. The zero-order valence-corrected chi connectivity index (χ0v) is 10.8. The third-order valence-corrected chi connectivity index (χ3v) is 3.38. The van der Waals surface area contributed by atoms with Crippen LogP contribution in [-0.2, 0) is 9.53 Å². The van der Waals surface area contributed by atoms with Crippen molar-refractivity contribution in [2.24, 2.45) is 11.8 Å². The standard InChI is InChI=1S/C12H24N2O2/c1-9(2)10(3)12(15)14-6-5-13-7-11(14)8-16-4/h9-11,13H,5-8H2,1-4H3. The van der Waals surface area contributed by atoms with Crippen molar-refractivity contribution in [1.82, 2.24) is 10.2 Å². The third kappa shape index (κ3) is 3.19.